The zero-order valence-electron chi connectivity index (χ0n) is 14.7. The SMILES string of the molecule is O=[N+]([O-])c1ccc(N2CCCC2)cc1NC1C2CC3CC(C2)CC1C3. The highest BCUT2D eigenvalue weighted by molar-refractivity contribution is 5.69. The van der Waals surface area contributed by atoms with Crippen LogP contribution in [0.15, 0.2) is 18.2 Å². The Kier molecular flexibility index (Phi) is 3.64. The zero-order chi connectivity index (χ0) is 17.0. The van der Waals surface area contributed by atoms with E-state index in [4.69, 9.17) is 0 Å². The van der Waals surface area contributed by atoms with E-state index < -0.39 is 0 Å². The lowest BCUT2D eigenvalue weighted by Crippen LogP contribution is -2.51. The summed E-state index contributed by atoms with van der Waals surface area (Å²) in [6.45, 7) is 2.13. The van der Waals surface area contributed by atoms with Crippen molar-refractivity contribution in [2.45, 2.75) is 51.0 Å². The molecule has 4 bridgehead atoms. The fraction of sp³-hybridized carbons (Fsp3) is 0.700. The summed E-state index contributed by atoms with van der Waals surface area (Å²) in [4.78, 5) is 13.7. The van der Waals surface area contributed by atoms with Crippen molar-refractivity contribution in [3.63, 3.8) is 0 Å². The van der Waals surface area contributed by atoms with Gasteiger partial charge < -0.3 is 10.2 Å². The second-order valence-electron chi connectivity index (χ2n) is 8.75. The van der Waals surface area contributed by atoms with Gasteiger partial charge in [0.2, 0.25) is 0 Å². The number of hydrogen-bond acceptors (Lipinski definition) is 4. The van der Waals surface area contributed by atoms with E-state index in [-0.39, 0.29) is 10.6 Å². The smallest absolute Gasteiger partial charge is 0.292 e. The minimum absolute atomic E-state index is 0.230. The van der Waals surface area contributed by atoms with Crippen LogP contribution in [0.4, 0.5) is 17.1 Å². The Morgan fingerprint density at radius 1 is 1.00 bits per heavy atom. The first-order valence-electron chi connectivity index (χ1n) is 9.97. The molecule has 1 aliphatic heterocycles. The van der Waals surface area contributed by atoms with Crippen LogP contribution in [0.3, 0.4) is 0 Å². The van der Waals surface area contributed by atoms with E-state index in [1.165, 1.54) is 44.9 Å². The number of nitrogens with zero attached hydrogens (tertiary/aromatic N) is 2. The number of hydrogen-bond donors (Lipinski definition) is 1. The highest BCUT2D eigenvalue weighted by Gasteiger charge is 2.48. The third-order valence-corrected chi connectivity index (χ3v) is 7.20. The molecule has 5 nitrogen and oxygen atoms in total. The van der Waals surface area contributed by atoms with Crippen molar-refractivity contribution < 1.29 is 4.92 Å². The van der Waals surface area contributed by atoms with Gasteiger partial charge in [0.1, 0.15) is 5.69 Å². The van der Waals surface area contributed by atoms with Gasteiger partial charge in [-0.2, -0.15) is 0 Å². The van der Waals surface area contributed by atoms with E-state index in [0.717, 1.165) is 36.3 Å². The van der Waals surface area contributed by atoms with Gasteiger partial charge in [-0.05, 0) is 80.8 Å². The molecule has 1 aromatic rings. The first kappa shape index (κ1) is 15.5. The monoisotopic (exact) mass is 341 g/mol. The second kappa shape index (κ2) is 5.89. The average Bonchev–Trinajstić information content (AvgIpc) is 3.11. The molecule has 4 saturated carbocycles. The number of rotatable bonds is 4. The van der Waals surface area contributed by atoms with Gasteiger partial charge in [-0.3, -0.25) is 10.1 Å². The van der Waals surface area contributed by atoms with Crippen LogP contribution in [-0.2, 0) is 0 Å². The van der Waals surface area contributed by atoms with Crippen LogP contribution >= 0.6 is 0 Å². The maximum absolute atomic E-state index is 11.6. The van der Waals surface area contributed by atoms with Crippen LogP contribution in [0.5, 0.6) is 0 Å². The Balaban J connectivity index is 1.43. The number of nitrogens with one attached hydrogen (secondary N) is 1. The largest absolute Gasteiger partial charge is 0.376 e. The third kappa shape index (κ3) is 2.68. The van der Waals surface area contributed by atoms with Crippen molar-refractivity contribution in [3.8, 4) is 0 Å². The maximum Gasteiger partial charge on any atom is 0.292 e. The summed E-state index contributed by atoms with van der Waals surface area (Å²) in [6.07, 6.45) is 9.16. The van der Waals surface area contributed by atoms with Gasteiger partial charge >= 0.3 is 0 Å². The summed E-state index contributed by atoms with van der Waals surface area (Å²) < 4.78 is 0. The van der Waals surface area contributed by atoms with Gasteiger partial charge in [0.25, 0.3) is 5.69 Å². The fourth-order valence-corrected chi connectivity index (χ4v) is 6.31. The quantitative estimate of drug-likeness (QED) is 0.650. The van der Waals surface area contributed by atoms with Crippen molar-refractivity contribution in [1.29, 1.82) is 0 Å². The van der Waals surface area contributed by atoms with E-state index in [1.54, 1.807) is 6.07 Å². The zero-order valence-corrected chi connectivity index (χ0v) is 14.7. The van der Waals surface area contributed by atoms with Gasteiger partial charge in [0.15, 0.2) is 0 Å². The Morgan fingerprint density at radius 2 is 1.64 bits per heavy atom. The number of nitro groups is 1. The molecule has 0 radical (unpaired) electrons. The lowest BCUT2D eigenvalue weighted by molar-refractivity contribution is -0.384. The van der Waals surface area contributed by atoms with Crippen molar-refractivity contribution in [2.75, 3.05) is 23.3 Å². The maximum atomic E-state index is 11.6. The van der Waals surface area contributed by atoms with Gasteiger partial charge in [-0.15, -0.1) is 0 Å². The standard InChI is InChI=1S/C20H27N3O2/c24-23(25)19-4-3-17(22-5-1-2-6-22)12-18(19)21-20-15-8-13-7-14(10-15)11-16(20)9-13/h3-4,12-16,20-21H,1-2,5-11H2. The number of anilines is 2. The average molecular weight is 341 g/mol. The summed E-state index contributed by atoms with van der Waals surface area (Å²) in [5, 5.41) is 15.2. The Morgan fingerprint density at radius 3 is 2.24 bits per heavy atom. The fourth-order valence-electron chi connectivity index (χ4n) is 6.31. The molecule has 1 aromatic carbocycles. The molecule has 5 heteroatoms. The first-order chi connectivity index (χ1) is 12.2. The van der Waals surface area contributed by atoms with Crippen LogP contribution in [0.25, 0.3) is 0 Å². The lowest BCUT2D eigenvalue weighted by atomic mass is 9.54. The molecule has 134 valence electrons. The predicted molar refractivity (Wildman–Crippen MR) is 99.0 cm³/mol. The highest BCUT2D eigenvalue weighted by atomic mass is 16.6. The molecule has 0 atom stereocenters. The lowest BCUT2D eigenvalue weighted by Gasteiger charge is -2.54. The minimum Gasteiger partial charge on any atom is -0.376 e. The minimum atomic E-state index is -0.230. The number of nitro benzene ring substituents is 1. The first-order valence-corrected chi connectivity index (χ1v) is 9.97. The molecule has 5 fully saturated rings. The van der Waals surface area contributed by atoms with E-state index in [1.807, 2.05) is 12.1 Å². The summed E-state index contributed by atoms with van der Waals surface area (Å²) in [6, 6.07) is 6.09. The summed E-state index contributed by atoms with van der Waals surface area (Å²) >= 11 is 0. The van der Waals surface area contributed by atoms with Gasteiger partial charge in [-0.25, -0.2) is 0 Å². The van der Waals surface area contributed by atoms with Crippen LogP contribution in [0.2, 0.25) is 0 Å². The number of benzene rings is 1. The molecule has 1 N–H and O–H groups in total. The molecule has 0 spiro atoms. The van der Waals surface area contributed by atoms with Gasteiger partial charge in [0, 0.05) is 30.9 Å². The van der Waals surface area contributed by atoms with Crippen LogP contribution in [-0.4, -0.2) is 24.1 Å². The molecule has 0 amide bonds. The Hall–Kier alpha value is -1.78. The predicted octanol–water partition coefficient (Wildman–Crippen LogP) is 4.43. The van der Waals surface area contributed by atoms with Crippen molar-refractivity contribution in [3.05, 3.63) is 28.3 Å². The van der Waals surface area contributed by atoms with Gasteiger partial charge in [0.05, 0.1) is 4.92 Å². The summed E-state index contributed by atoms with van der Waals surface area (Å²) in [5.41, 5.74) is 2.11. The van der Waals surface area contributed by atoms with Crippen LogP contribution in [0, 0.1) is 33.8 Å². The Bertz CT molecular complexity index is 656. The van der Waals surface area contributed by atoms with Gasteiger partial charge in [-0.1, -0.05) is 0 Å². The van der Waals surface area contributed by atoms with E-state index >= 15 is 0 Å². The normalized spacial score (nSPS) is 36.0. The molecule has 0 aromatic heterocycles. The van der Waals surface area contributed by atoms with Crippen LogP contribution in [0.1, 0.15) is 44.9 Å². The molecule has 1 heterocycles. The molecular weight excluding hydrogens is 314 g/mol. The van der Waals surface area contributed by atoms with Crippen molar-refractivity contribution in [1.82, 2.24) is 0 Å². The Labute approximate surface area is 148 Å². The molecule has 25 heavy (non-hydrogen) atoms. The molecule has 1 saturated heterocycles. The molecule has 4 aliphatic carbocycles. The molecular formula is C20H27N3O2. The van der Waals surface area contributed by atoms with E-state index in [0.29, 0.717) is 17.9 Å². The van der Waals surface area contributed by atoms with Crippen LogP contribution < -0.4 is 10.2 Å². The third-order valence-electron chi connectivity index (χ3n) is 7.20. The summed E-state index contributed by atoms with van der Waals surface area (Å²) in [7, 11) is 0. The van der Waals surface area contributed by atoms with E-state index in [9.17, 15) is 10.1 Å². The van der Waals surface area contributed by atoms with Crippen molar-refractivity contribution >= 4 is 17.1 Å². The molecule has 6 rings (SSSR count). The topological polar surface area (TPSA) is 58.4 Å². The molecule has 0 unspecified atom stereocenters. The molecule has 5 aliphatic rings. The summed E-state index contributed by atoms with van der Waals surface area (Å²) in [5.74, 6) is 3.27. The van der Waals surface area contributed by atoms with E-state index in [2.05, 4.69) is 10.2 Å². The highest BCUT2D eigenvalue weighted by Crippen LogP contribution is 2.54. The second-order valence-corrected chi connectivity index (χ2v) is 8.75. The van der Waals surface area contributed by atoms with Crippen molar-refractivity contribution in [2.24, 2.45) is 23.7 Å².